The van der Waals surface area contributed by atoms with Crippen molar-refractivity contribution in [1.82, 2.24) is 0 Å². The summed E-state index contributed by atoms with van der Waals surface area (Å²) in [7, 11) is 0. The van der Waals surface area contributed by atoms with Gasteiger partial charge in [0.2, 0.25) is 0 Å². The Morgan fingerprint density at radius 2 is 1.30 bits per heavy atom. The fourth-order valence-corrected chi connectivity index (χ4v) is 0.391. The largest absolute Gasteiger partial charge is 0.481 e. The maximum absolute atomic E-state index is 9.79. The van der Waals surface area contributed by atoms with Crippen LogP contribution in [0.5, 0.6) is 0 Å². The van der Waals surface area contributed by atoms with Crippen LogP contribution in [-0.4, -0.2) is 22.2 Å². The molecule has 0 aromatic heterocycles. The fourth-order valence-electron chi connectivity index (χ4n) is 0.391. The molecular formula is C5H8GdO4. The van der Waals surface area contributed by atoms with Crippen LogP contribution in [-0.2, 0) is 9.59 Å². The second kappa shape index (κ2) is 7.37. The zero-order valence-electron chi connectivity index (χ0n) is 5.19. The van der Waals surface area contributed by atoms with E-state index in [1.807, 2.05) is 0 Å². The van der Waals surface area contributed by atoms with Gasteiger partial charge in [-0.2, -0.15) is 0 Å². The Morgan fingerprint density at radius 3 is 1.50 bits per heavy atom. The van der Waals surface area contributed by atoms with Crippen LogP contribution in [0.3, 0.4) is 0 Å². The molecule has 0 rings (SSSR count). The van der Waals surface area contributed by atoms with Crippen molar-refractivity contribution in [3.63, 3.8) is 0 Å². The molecule has 0 bridgehead atoms. The van der Waals surface area contributed by atoms with Gasteiger partial charge in [-0.25, -0.2) is 0 Å². The molecule has 0 aromatic rings. The molecule has 0 atom stereocenters. The smallest absolute Gasteiger partial charge is 0.303 e. The Hall–Kier alpha value is 0.265. The van der Waals surface area contributed by atoms with Crippen molar-refractivity contribution in [2.45, 2.75) is 19.3 Å². The van der Waals surface area contributed by atoms with Gasteiger partial charge in [-0.15, -0.1) is 0 Å². The maximum Gasteiger partial charge on any atom is 0.303 e. The van der Waals surface area contributed by atoms with Crippen LogP contribution in [0.25, 0.3) is 0 Å². The van der Waals surface area contributed by atoms with Gasteiger partial charge >= 0.3 is 11.9 Å². The molecule has 0 spiro atoms. The van der Waals surface area contributed by atoms with Crippen molar-refractivity contribution in [3.05, 3.63) is 0 Å². The predicted octanol–water partition coefficient (Wildman–Crippen LogP) is 0.326. The summed E-state index contributed by atoms with van der Waals surface area (Å²) in [5, 5.41) is 16.1. The number of carboxylic acid groups (broad SMARTS) is 2. The minimum atomic E-state index is -0.948. The molecule has 4 nitrogen and oxygen atoms in total. The third-order valence-electron chi connectivity index (χ3n) is 0.781. The molecule has 60 valence electrons. The number of carbonyl (C=O) groups is 2. The molecular weight excluding hydrogens is 281 g/mol. The van der Waals surface area contributed by atoms with Gasteiger partial charge in [0.15, 0.2) is 0 Å². The van der Waals surface area contributed by atoms with E-state index in [-0.39, 0.29) is 59.2 Å². The Bertz CT molecular complexity index is 109. The van der Waals surface area contributed by atoms with Crippen molar-refractivity contribution < 1.29 is 59.7 Å². The second-order valence-electron chi connectivity index (χ2n) is 1.64. The number of aliphatic carboxylic acids is 2. The van der Waals surface area contributed by atoms with E-state index in [0.29, 0.717) is 0 Å². The summed E-state index contributed by atoms with van der Waals surface area (Å²) in [4.78, 5) is 19.6. The number of rotatable bonds is 4. The SMILES string of the molecule is O=C(O)CCCC(=O)O.[Gd]. The maximum atomic E-state index is 9.79. The van der Waals surface area contributed by atoms with Crippen LogP contribution >= 0.6 is 0 Å². The molecule has 0 amide bonds. The Balaban J connectivity index is 0. The van der Waals surface area contributed by atoms with Crippen LogP contribution in [0.15, 0.2) is 0 Å². The van der Waals surface area contributed by atoms with Crippen LogP contribution in [0.2, 0.25) is 0 Å². The van der Waals surface area contributed by atoms with Crippen molar-refractivity contribution in [2.75, 3.05) is 0 Å². The van der Waals surface area contributed by atoms with Gasteiger partial charge in [-0.1, -0.05) is 0 Å². The Kier molecular flexibility index (Phi) is 9.51. The molecule has 0 saturated carbocycles. The van der Waals surface area contributed by atoms with Crippen molar-refractivity contribution in [3.8, 4) is 0 Å². The first kappa shape index (κ1) is 12.9. The molecule has 0 aliphatic heterocycles. The zero-order valence-corrected chi connectivity index (χ0v) is 7.45. The Morgan fingerprint density at radius 1 is 1.00 bits per heavy atom. The third-order valence-corrected chi connectivity index (χ3v) is 0.781. The van der Waals surface area contributed by atoms with E-state index in [0.717, 1.165) is 0 Å². The van der Waals surface area contributed by atoms with Gasteiger partial charge in [0.05, 0.1) is 0 Å². The zero-order chi connectivity index (χ0) is 7.28. The van der Waals surface area contributed by atoms with E-state index in [4.69, 9.17) is 10.2 Å². The summed E-state index contributed by atoms with van der Waals surface area (Å²) in [5.41, 5.74) is 0. The summed E-state index contributed by atoms with van der Waals surface area (Å²) in [6.07, 6.45) is 0.0866. The summed E-state index contributed by atoms with van der Waals surface area (Å²) in [6.45, 7) is 0. The fraction of sp³-hybridized carbons (Fsp3) is 0.600. The molecule has 0 saturated heterocycles. The molecule has 0 aromatic carbocycles. The van der Waals surface area contributed by atoms with E-state index in [1.165, 1.54) is 0 Å². The molecule has 5 heteroatoms. The molecule has 0 aliphatic rings. The first-order valence-electron chi connectivity index (χ1n) is 2.56. The molecule has 0 radical (unpaired) electrons. The number of hydrogen-bond acceptors (Lipinski definition) is 2. The quantitative estimate of drug-likeness (QED) is 0.782. The van der Waals surface area contributed by atoms with Crippen LogP contribution in [0.1, 0.15) is 19.3 Å². The topological polar surface area (TPSA) is 74.6 Å². The average molecular weight is 289 g/mol. The van der Waals surface area contributed by atoms with Gasteiger partial charge < -0.3 is 10.2 Å². The second-order valence-corrected chi connectivity index (χ2v) is 1.64. The minimum Gasteiger partial charge on any atom is -0.481 e. The normalized spacial score (nSPS) is 8.00. The van der Waals surface area contributed by atoms with Crippen LogP contribution in [0.4, 0.5) is 0 Å². The molecule has 10 heavy (non-hydrogen) atoms. The summed E-state index contributed by atoms with van der Waals surface area (Å²) in [6, 6.07) is 0. The van der Waals surface area contributed by atoms with E-state index in [9.17, 15) is 9.59 Å². The Labute approximate surface area is 90.3 Å². The monoisotopic (exact) mass is 290 g/mol. The predicted molar refractivity (Wildman–Crippen MR) is 29.1 cm³/mol. The van der Waals surface area contributed by atoms with E-state index >= 15 is 0 Å². The van der Waals surface area contributed by atoms with Crippen LogP contribution < -0.4 is 0 Å². The van der Waals surface area contributed by atoms with E-state index in [1.54, 1.807) is 0 Å². The third kappa shape index (κ3) is 11.1. The molecule has 0 heterocycles. The van der Waals surface area contributed by atoms with Gasteiger partial charge in [0.25, 0.3) is 0 Å². The molecule has 0 aliphatic carbocycles. The standard InChI is InChI=1S/C5H8O4.Gd/c6-4(7)2-1-3-5(8)9;/h1-3H2,(H,6,7)(H,8,9);. The van der Waals surface area contributed by atoms with E-state index < -0.39 is 11.9 Å². The summed E-state index contributed by atoms with van der Waals surface area (Å²) >= 11 is 0. The van der Waals surface area contributed by atoms with Crippen LogP contribution in [0, 0.1) is 39.9 Å². The first-order valence-corrected chi connectivity index (χ1v) is 2.56. The average Bonchev–Trinajstić information content (AvgIpc) is 1.63. The molecule has 0 fully saturated rings. The molecule has 2 N–H and O–H groups in total. The summed E-state index contributed by atoms with van der Waals surface area (Å²) < 4.78 is 0. The van der Waals surface area contributed by atoms with E-state index in [2.05, 4.69) is 0 Å². The minimum absolute atomic E-state index is 0. The van der Waals surface area contributed by atoms with Crippen molar-refractivity contribution in [1.29, 1.82) is 0 Å². The van der Waals surface area contributed by atoms with Gasteiger partial charge in [-0.05, 0) is 6.42 Å². The first-order chi connectivity index (χ1) is 4.13. The van der Waals surface area contributed by atoms with Gasteiger partial charge in [0.1, 0.15) is 0 Å². The van der Waals surface area contributed by atoms with Gasteiger partial charge in [0, 0.05) is 52.8 Å². The number of carboxylic acids is 2. The van der Waals surface area contributed by atoms with Gasteiger partial charge in [-0.3, -0.25) is 9.59 Å². The summed E-state index contributed by atoms with van der Waals surface area (Å²) in [5.74, 6) is -1.90. The number of hydrogen-bond donors (Lipinski definition) is 2. The van der Waals surface area contributed by atoms with Crippen molar-refractivity contribution in [2.24, 2.45) is 0 Å². The van der Waals surface area contributed by atoms with Crippen molar-refractivity contribution >= 4 is 11.9 Å². The molecule has 0 unspecified atom stereocenters.